The van der Waals surface area contributed by atoms with Crippen LogP contribution in [0.3, 0.4) is 0 Å². The molecule has 1 spiro atoms. The van der Waals surface area contributed by atoms with E-state index in [1.54, 1.807) is 6.92 Å². The van der Waals surface area contributed by atoms with E-state index in [1.165, 1.54) is 19.1 Å². The Hall–Kier alpha value is -3.78. The SMILES string of the molecule is CC(=O)O[C@H]1C(=O)/C=C/C(=O)[C@@]23C(=O)N[C@@H](Cc4c[nH]c5ccccc45)[C@@H]2[C@H](C)[C@@]2(C)O[C@H]2[C@@H]3/C=C/C[C@H](C)/C=C/1C. The van der Waals surface area contributed by atoms with Gasteiger partial charge in [-0.2, -0.15) is 0 Å². The molecular weight excluding hydrogens is 532 g/mol. The molecule has 1 aromatic carbocycles. The zero-order valence-electron chi connectivity index (χ0n) is 24.7. The number of hydrogen-bond donors (Lipinski definition) is 2. The number of nitrogens with one attached hydrogen (secondary N) is 2. The molecule has 4 aliphatic rings. The Morgan fingerprint density at radius 3 is 2.67 bits per heavy atom. The second-order valence-corrected chi connectivity index (χ2v) is 12.7. The molecule has 0 unspecified atom stereocenters. The lowest BCUT2D eigenvalue weighted by atomic mass is 9.51. The highest BCUT2D eigenvalue weighted by molar-refractivity contribution is 6.15. The highest BCUT2D eigenvalue weighted by Crippen LogP contribution is 2.66. The highest BCUT2D eigenvalue weighted by atomic mass is 16.6. The van der Waals surface area contributed by atoms with E-state index in [1.807, 2.05) is 49.5 Å². The van der Waals surface area contributed by atoms with Crippen molar-refractivity contribution in [2.75, 3.05) is 0 Å². The minimum absolute atomic E-state index is 0.0281. The van der Waals surface area contributed by atoms with Gasteiger partial charge in [0.25, 0.3) is 0 Å². The number of amides is 1. The van der Waals surface area contributed by atoms with Crippen LogP contribution in [0.1, 0.15) is 46.6 Å². The molecule has 1 amide bonds. The number of epoxide rings is 1. The third kappa shape index (κ3) is 4.30. The summed E-state index contributed by atoms with van der Waals surface area (Å²) in [7, 11) is 0. The van der Waals surface area contributed by atoms with Crippen LogP contribution in [-0.2, 0) is 35.1 Å². The first-order valence-corrected chi connectivity index (χ1v) is 14.8. The van der Waals surface area contributed by atoms with Crippen LogP contribution in [0.15, 0.2) is 66.4 Å². The first-order chi connectivity index (χ1) is 20.0. The Kier molecular flexibility index (Phi) is 6.88. The Labute approximate surface area is 245 Å². The topological polar surface area (TPSA) is 118 Å². The monoisotopic (exact) mass is 570 g/mol. The lowest BCUT2D eigenvalue weighted by molar-refractivity contribution is -0.149. The fraction of sp³-hybridized carbons (Fsp3) is 0.471. The van der Waals surface area contributed by atoms with E-state index in [2.05, 4.69) is 30.2 Å². The van der Waals surface area contributed by atoms with Gasteiger partial charge in [-0.1, -0.05) is 50.3 Å². The number of benzene rings is 1. The average Bonchev–Trinajstić information content (AvgIpc) is 3.35. The van der Waals surface area contributed by atoms with Crippen molar-refractivity contribution in [1.82, 2.24) is 10.3 Å². The van der Waals surface area contributed by atoms with Gasteiger partial charge in [0.05, 0.1) is 11.7 Å². The van der Waals surface area contributed by atoms with Gasteiger partial charge in [0.2, 0.25) is 11.7 Å². The van der Waals surface area contributed by atoms with Gasteiger partial charge in [-0.3, -0.25) is 19.2 Å². The molecular formula is C34H38N2O6. The molecule has 8 nitrogen and oxygen atoms in total. The zero-order chi connectivity index (χ0) is 30.0. The number of aromatic nitrogens is 1. The van der Waals surface area contributed by atoms with Gasteiger partial charge in [-0.15, -0.1) is 0 Å². The molecule has 2 saturated heterocycles. The lowest BCUT2D eigenvalue weighted by Gasteiger charge is -2.45. The summed E-state index contributed by atoms with van der Waals surface area (Å²) < 4.78 is 11.7. The number of carbonyl (C=O) groups excluding carboxylic acids is 4. The molecule has 0 radical (unpaired) electrons. The number of aromatic amines is 1. The molecule has 2 aliphatic carbocycles. The summed E-state index contributed by atoms with van der Waals surface area (Å²) >= 11 is 0. The fourth-order valence-corrected chi connectivity index (χ4v) is 7.97. The number of H-pyrrole nitrogens is 1. The number of allylic oxidation sites excluding steroid dienone is 3. The van der Waals surface area contributed by atoms with Crippen LogP contribution in [-0.4, -0.2) is 52.3 Å². The van der Waals surface area contributed by atoms with Crippen molar-refractivity contribution in [1.29, 1.82) is 0 Å². The van der Waals surface area contributed by atoms with E-state index in [0.29, 0.717) is 18.4 Å². The lowest BCUT2D eigenvalue weighted by Crippen LogP contribution is -2.58. The minimum Gasteiger partial charge on any atom is -0.450 e. The second-order valence-electron chi connectivity index (χ2n) is 12.7. The van der Waals surface area contributed by atoms with Gasteiger partial charge in [-0.25, -0.2) is 0 Å². The van der Waals surface area contributed by atoms with E-state index < -0.39 is 40.6 Å². The number of carbonyl (C=O) groups is 4. The summed E-state index contributed by atoms with van der Waals surface area (Å²) in [4.78, 5) is 57.2. The van der Waals surface area contributed by atoms with Crippen LogP contribution in [0.25, 0.3) is 10.9 Å². The Morgan fingerprint density at radius 1 is 1.14 bits per heavy atom. The van der Waals surface area contributed by atoms with Crippen LogP contribution < -0.4 is 5.32 Å². The molecule has 3 fully saturated rings. The van der Waals surface area contributed by atoms with Crippen molar-refractivity contribution in [2.24, 2.45) is 29.1 Å². The van der Waals surface area contributed by atoms with E-state index in [0.717, 1.165) is 16.5 Å². The first kappa shape index (κ1) is 28.3. The van der Waals surface area contributed by atoms with Crippen molar-refractivity contribution >= 4 is 34.3 Å². The van der Waals surface area contributed by atoms with Gasteiger partial charge < -0.3 is 19.8 Å². The maximum atomic E-state index is 14.4. The summed E-state index contributed by atoms with van der Waals surface area (Å²) in [5.41, 5.74) is 0.774. The van der Waals surface area contributed by atoms with Gasteiger partial charge in [0.15, 0.2) is 11.9 Å². The van der Waals surface area contributed by atoms with Gasteiger partial charge in [0.1, 0.15) is 5.41 Å². The van der Waals surface area contributed by atoms with Crippen molar-refractivity contribution in [3.05, 3.63) is 72.0 Å². The number of ketones is 2. The van der Waals surface area contributed by atoms with E-state index in [4.69, 9.17) is 9.47 Å². The minimum atomic E-state index is -1.44. The highest BCUT2D eigenvalue weighted by Gasteiger charge is 2.78. The average molecular weight is 571 g/mol. The third-order valence-corrected chi connectivity index (χ3v) is 10.1. The van der Waals surface area contributed by atoms with Crippen molar-refractivity contribution in [3.63, 3.8) is 0 Å². The maximum Gasteiger partial charge on any atom is 0.303 e. The van der Waals surface area contributed by atoms with Crippen LogP contribution in [0.5, 0.6) is 0 Å². The Balaban J connectivity index is 1.45. The van der Waals surface area contributed by atoms with Crippen molar-refractivity contribution in [2.45, 2.75) is 71.3 Å². The first-order valence-electron chi connectivity index (χ1n) is 14.8. The Bertz CT molecular complexity index is 1570. The number of esters is 1. The molecule has 1 aromatic heterocycles. The summed E-state index contributed by atoms with van der Waals surface area (Å²) in [6.45, 7) is 9.17. The molecule has 0 bridgehead atoms. The van der Waals surface area contributed by atoms with Gasteiger partial charge >= 0.3 is 5.97 Å². The van der Waals surface area contributed by atoms with E-state index in [9.17, 15) is 19.2 Å². The normalized spacial score (nSPS) is 40.6. The molecule has 220 valence electrons. The van der Waals surface area contributed by atoms with E-state index in [-0.39, 0.29) is 35.8 Å². The number of ether oxygens (including phenoxy) is 2. The summed E-state index contributed by atoms with van der Waals surface area (Å²) in [5, 5.41) is 4.32. The fourth-order valence-electron chi connectivity index (χ4n) is 7.97. The molecule has 2 N–H and O–H groups in total. The van der Waals surface area contributed by atoms with Crippen molar-refractivity contribution < 1.29 is 28.7 Å². The smallest absolute Gasteiger partial charge is 0.303 e. The van der Waals surface area contributed by atoms with Crippen molar-refractivity contribution in [3.8, 4) is 0 Å². The predicted octanol–water partition coefficient (Wildman–Crippen LogP) is 4.40. The summed E-state index contributed by atoms with van der Waals surface area (Å²) in [6, 6.07) is 7.72. The zero-order valence-corrected chi connectivity index (χ0v) is 24.7. The molecule has 2 aliphatic heterocycles. The number of fused-ring (bicyclic) bond motifs is 3. The van der Waals surface area contributed by atoms with Crippen LogP contribution >= 0.6 is 0 Å². The molecule has 8 heteroatoms. The van der Waals surface area contributed by atoms with Gasteiger partial charge in [0, 0.05) is 41.9 Å². The molecule has 1 saturated carbocycles. The van der Waals surface area contributed by atoms with E-state index >= 15 is 0 Å². The molecule has 6 rings (SSSR count). The van der Waals surface area contributed by atoms with Gasteiger partial charge in [-0.05, 0) is 67.9 Å². The largest absolute Gasteiger partial charge is 0.450 e. The molecule has 3 heterocycles. The second kappa shape index (κ2) is 10.2. The van der Waals surface area contributed by atoms with Crippen LogP contribution in [0, 0.1) is 29.1 Å². The maximum absolute atomic E-state index is 14.4. The summed E-state index contributed by atoms with van der Waals surface area (Å²) in [6.07, 6.45) is 10.1. The third-order valence-electron chi connectivity index (χ3n) is 10.1. The number of hydrogen-bond acceptors (Lipinski definition) is 6. The summed E-state index contributed by atoms with van der Waals surface area (Å²) in [5.74, 6) is -2.80. The number of rotatable bonds is 3. The predicted molar refractivity (Wildman–Crippen MR) is 157 cm³/mol. The Morgan fingerprint density at radius 2 is 1.90 bits per heavy atom. The van der Waals surface area contributed by atoms with Crippen LogP contribution in [0.4, 0.5) is 0 Å². The van der Waals surface area contributed by atoms with Crippen LogP contribution in [0.2, 0.25) is 0 Å². The molecule has 9 atom stereocenters. The molecule has 42 heavy (non-hydrogen) atoms. The quantitative estimate of drug-likeness (QED) is 0.244. The molecule has 2 aromatic rings. The number of para-hydroxylation sites is 1. The standard InChI is InChI=1S/C34H38N2O6/c1-18-9-8-11-24-31-33(5,42-31)20(3)29-26(16-22-17-35-25-12-7-6-10-23(22)25)36-32(40)34(24,29)28(39)14-13-27(38)30(19(2)15-18)41-21(4)37/h6-8,10-15,17-18,20,24,26,29-31,35H,9,16H2,1-5H3,(H,36,40)/b11-8+,14-13+,19-15+/t18-,20-,24-,26-,29-,30+,31-,33+,34+/m0/s1.